The van der Waals surface area contributed by atoms with Crippen molar-refractivity contribution >= 4 is 47.1 Å². The maximum absolute atomic E-state index is 14.6. The van der Waals surface area contributed by atoms with Gasteiger partial charge in [0.05, 0.1) is 49.3 Å². The number of imide groups is 1. The molecule has 15 nitrogen and oxygen atoms in total. The van der Waals surface area contributed by atoms with Crippen molar-refractivity contribution in [3.63, 3.8) is 0 Å². The molecule has 2 aliphatic rings. The third kappa shape index (κ3) is 14.4. The molecule has 5 amide bonds. The van der Waals surface area contributed by atoms with Gasteiger partial charge in [0.2, 0.25) is 17.7 Å². The molecule has 3 rings (SSSR count). The fourth-order valence-corrected chi connectivity index (χ4v) is 9.43. The number of likely N-dealkylation sites (tertiary alicyclic amines) is 1. The molecule has 1 aromatic carbocycles. The molecule has 66 heavy (non-hydrogen) atoms. The van der Waals surface area contributed by atoms with E-state index in [-0.39, 0.29) is 85.2 Å². The van der Waals surface area contributed by atoms with Gasteiger partial charge in [-0.2, -0.15) is 0 Å². The number of ether oxygens (including phenoxy) is 3. The number of benzene rings is 1. The minimum Gasteiger partial charge on any atom is -0.469 e. The number of nitrogens with zero attached hydrogens (tertiary/aromatic N) is 4. The summed E-state index contributed by atoms with van der Waals surface area (Å²) >= 11 is 0. The topological polar surface area (TPSA) is 177 Å². The number of rotatable bonds is 28. The third-order valence-electron chi connectivity index (χ3n) is 14.3. The Balaban J connectivity index is 1.70. The number of methoxy groups -OCH3 is 3. The van der Waals surface area contributed by atoms with Crippen molar-refractivity contribution in [2.24, 2.45) is 29.6 Å². The van der Waals surface area contributed by atoms with Gasteiger partial charge in [-0.3, -0.25) is 43.3 Å². The number of Topliss-reactive ketones (excluding diaryl/α,β-unsaturated/α-hetero) is 2. The van der Waals surface area contributed by atoms with Crippen LogP contribution in [0, 0.1) is 29.6 Å². The predicted octanol–water partition coefficient (Wildman–Crippen LogP) is 5.85. The van der Waals surface area contributed by atoms with E-state index < -0.39 is 53.6 Å². The lowest BCUT2D eigenvalue weighted by molar-refractivity contribution is -0.151. The highest BCUT2D eigenvalue weighted by molar-refractivity contribution is 6.12. The number of esters is 1. The van der Waals surface area contributed by atoms with Crippen molar-refractivity contribution in [3.05, 3.63) is 48.0 Å². The molecule has 8 atom stereocenters. The number of unbranched alkanes of at least 4 members (excludes halogenated alkanes) is 2. The number of carbonyl (C=O) groups excluding carboxylic acids is 8. The summed E-state index contributed by atoms with van der Waals surface area (Å²) in [4.78, 5) is 113. The van der Waals surface area contributed by atoms with Crippen LogP contribution in [0.4, 0.5) is 0 Å². The fraction of sp³-hybridized carbons (Fsp3) is 0.686. The van der Waals surface area contributed by atoms with Crippen molar-refractivity contribution in [3.8, 4) is 0 Å². The number of carbonyl (C=O) groups is 8. The number of amides is 5. The first kappa shape index (κ1) is 55.6. The van der Waals surface area contributed by atoms with Gasteiger partial charge in [0.15, 0.2) is 5.78 Å². The van der Waals surface area contributed by atoms with Crippen LogP contribution >= 0.6 is 0 Å². The second kappa shape index (κ2) is 26.0. The molecule has 0 radical (unpaired) electrons. The van der Waals surface area contributed by atoms with E-state index >= 15 is 0 Å². The van der Waals surface area contributed by atoms with Crippen LogP contribution in [0.5, 0.6) is 0 Å². The van der Waals surface area contributed by atoms with Crippen molar-refractivity contribution in [1.29, 1.82) is 0 Å². The van der Waals surface area contributed by atoms with Crippen molar-refractivity contribution in [1.82, 2.24) is 19.6 Å². The maximum atomic E-state index is 14.6. The average molecular weight is 923 g/mol. The van der Waals surface area contributed by atoms with E-state index in [2.05, 4.69) is 0 Å². The second-order valence-electron chi connectivity index (χ2n) is 19.1. The Morgan fingerprint density at radius 2 is 1.48 bits per heavy atom. The largest absolute Gasteiger partial charge is 0.469 e. The minimum atomic E-state index is -1.21. The lowest BCUT2D eigenvalue weighted by atomic mass is 9.82. The van der Waals surface area contributed by atoms with Crippen LogP contribution in [0.1, 0.15) is 118 Å². The summed E-state index contributed by atoms with van der Waals surface area (Å²) < 4.78 is 17.1. The maximum Gasteiger partial charge on any atom is 0.309 e. The molecule has 0 spiro atoms. The van der Waals surface area contributed by atoms with Gasteiger partial charge in [0, 0.05) is 84.7 Å². The highest BCUT2D eigenvalue weighted by atomic mass is 16.5. The fourth-order valence-electron chi connectivity index (χ4n) is 9.43. The molecule has 2 heterocycles. The molecule has 2 aliphatic heterocycles. The Bertz CT molecular complexity index is 1850. The molecule has 1 aromatic rings. The van der Waals surface area contributed by atoms with Crippen molar-refractivity contribution < 1.29 is 52.6 Å². The molecular formula is C51H78N4O11. The Kier molecular flexibility index (Phi) is 21.9. The van der Waals surface area contributed by atoms with Crippen LogP contribution in [-0.4, -0.2) is 145 Å². The number of hydrogen-bond acceptors (Lipinski definition) is 11. The monoisotopic (exact) mass is 923 g/mol. The first-order chi connectivity index (χ1) is 31.2. The van der Waals surface area contributed by atoms with E-state index in [9.17, 15) is 38.4 Å². The summed E-state index contributed by atoms with van der Waals surface area (Å²) in [6, 6.07) is 8.55. The summed E-state index contributed by atoms with van der Waals surface area (Å²) in [5, 5.41) is 0. The SMILES string of the molecule is CC[C@H](C)[C@@H]([C@@H](CC(=O)N1CCC[C@H]1[C@H](OC)[C@@H](C)C(=O)C[C@@H](Cc1ccccc1)C(=O)OC)OC)N(C)C(=O)[C@@H](CC(=O)C(C)(C)N(C)C(=O)CCCCCN1C(=O)C=CC1=O)C(C)C. The summed E-state index contributed by atoms with van der Waals surface area (Å²) in [5.74, 6) is -4.53. The van der Waals surface area contributed by atoms with Crippen LogP contribution in [0.2, 0.25) is 0 Å². The van der Waals surface area contributed by atoms with E-state index in [1.165, 1.54) is 43.3 Å². The summed E-state index contributed by atoms with van der Waals surface area (Å²) in [7, 11) is 7.68. The summed E-state index contributed by atoms with van der Waals surface area (Å²) in [6.07, 6.45) is 5.28. The van der Waals surface area contributed by atoms with Gasteiger partial charge in [0.1, 0.15) is 5.78 Å². The predicted molar refractivity (Wildman–Crippen MR) is 251 cm³/mol. The lowest BCUT2D eigenvalue weighted by Crippen LogP contribution is -2.55. The van der Waals surface area contributed by atoms with Crippen LogP contribution in [0.3, 0.4) is 0 Å². The third-order valence-corrected chi connectivity index (χ3v) is 14.3. The van der Waals surface area contributed by atoms with E-state index in [1.54, 1.807) is 44.7 Å². The number of hydrogen-bond donors (Lipinski definition) is 0. The molecule has 1 saturated heterocycles. The number of ketones is 2. The summed E-state index contributed by atoms with van der Waals surface area (Å²) in [6.45, 7) is 13.7. The second-order valence-corrected chi connectivity index (χ2v) is 19.1. The van der Waals surface area contributed by atoms with Crippen LogP contribution in [0.15, 0.2) is 42.5 Å². The zero-order valence-electron chi connectivity index (χ0n) is 41.7. The first-order valence-electron chi connectivity index (χ1n) is 23.8. The molecule has 0 bridgehead atoms. The smallest absolute Gasteiger partial charge is 0.309 e. The highest BCUT2D eigenvalue weighted by Gasteiger charge is 2.44. The van der Waals surface area contributed by atoms with E-state index in [0.29, 0.717) is 51.5 Å². The normalized spacial score (nSPS) is 18.4. The molecule has 0 aromatic heterocycles. The first-order valence-corrected chi connectivity index (χ1v) is 23.8. The number of likely N-dealkylation sites (N-methyl/N-ethyl adjacent to an activating group) is 2. The van der Waals surface area contributed by atoms with Gasteiger partial charge in [-0.1, -0.05) is 77.8 Å². The average Bonchev–Trinajstić information content (AvgIpc) is 3.91. The van der Waals surface area contributed by atoms with Crippen LogP contribution < -0.4 is 0 Å². The van der Waals surface area contributed by atoms with Crippen molar-refractivity contribution in [2.75, 3.05) is 48.5 Å². The van der Waals surface area contributed by atoms with Gasteiger partial charge < -0.3 is 28.9 Å². The van der Waals surface area contributed by atoms with Gasteiger partial charge in [-0.05, 0) is 63.4 Å². The molecule has 15 heteroatoms. The quantitative estimate of drug-likeness (QED) is 0.0560. The molecule has 0 aliphatic carbocycles. The van der Waals surface area contributed by atoms with E-state index in [0.717, 1.165) is 5.56 Å². The molecule has 0 saturated carbocycles. The Morgan fingerprint density at radius 3 is 2.05 bits per heavy atom. The summed E-state index contributed by atoms with van der Waals surface area (Å²) in [5.41, 5.74) is -0.290. The minimum absolute atomic E-state index is 0.0309. The van der Waals surface area contributed by atoms with Crippen LogP contribution in [0.25, 0.3) is 0 Å². The van der Waals surface area contributed by atoms with Gasteiger partial charge >= 0.3 is 5.97 Å². The van der Waals surface area contributed by atoms with Crippen LogP contribution in [-0.2, 0) is 59.0 Å². The molecule has 368 valence electrons. The Labute approximate surface area is 393 Å². The van der Waals surface area contributed by atoms with Gasteiger partial charge in [0.25, 0.3) is 11.8 Å². The highest BCUT2D eigenvalue weighted by Crippen LogP contribution is 2.32. The lowest BCUT2D eigenvalue weighted by Gasteiger charge is -2.41. The molecule has 1 fully saturated rings. The van der Waals surface area contributed by atoms with Gasteiger partial charge in [-0.25, -0.2) is 0 Å². The zero-order valence-corrected chi connectivity index (χ0v) is 41.7. The van der Waals surface area contributed by atoms with E-state index in [4.69, 9.17) is 14.2 Å². The molecule has 0 N–H and O–H groups in total. The zero-order chi connectivity index (χ0) is 49.5. The van der Waals surface area contributed by atoms with Gasteiger partial charge in [-0.15, -0.1) is 0 Å². The Hall–Kier alpha value is -4.76. The molecule has 0 unspecified atom stereocenters. The van der Waals surface area contributed by atoms with E-state index in [1.807, 2.05) is 58.0 Å². The standard InChI is InChI=1S/C51H78N4O11/c1-13-34(4)47(52(8)49(62)38(33(2)3)31-42(57)51(6,7)53(9)43(58)24-18-15-19-27-55-44(59)25-26-45(55)60)41(64-10)32-46(61)54-28-20-23-39(54)48(65-11)35(5)40(56)30-37(50(63)66-12)29-36-21-16-14-17-22-36/h14,16-17,21-22,25-26,33-35,37-39,41,47-48H,13,15,18-20,23-24,27-32H2,1-12H3/t34-,35-,37+,38-,39-,41+,47-,48+/m0/s1. The van der Waals surface area contributed by atoms with Crippen molar-refractivity contribution in [2.45, 2.75) is 149 Å². The molecular weight excluding hydrogens is 845 g/mol. The Morgan fingerprint density at radius 1 is 0.848 bits per heavy atom.